The van der Waals surface area contributed by atoms with Crippen molar-refractivity contribution in [2.45, 2.75) is 58.5 Å². The number of amides is 3. The standard InChI is InChI=1S/C29H33N3O8/c1-4-16(2)27(32-24(34)11-12-25(35)36)29(39)31-22(14-18-5-8-20(33)9-6-18)28(38)30-19-7-10-21-17(3)13-26(37)40-23(21)15-19/h5-10,13,15-16,22,27,33H,4,11-12,14H2,1-3H3,(H,30,38)(H,31,39)(H,32,34)(H,35,36)/t16?,22?,27-/m0/s1. The van der Waals surface area contributed by atoms with Gasteiger partial charge in [-0.15, -0.1) is 0 Å². The molecule has 0 bridgehead atoms. The first-order valence-electron chi connectivity index (χ1n) is 12.9. The molecule has 40 heavy (non-hydrogen) atoms. The Bertz CT molecular complexity index is 1450. The number of benzene rings is 2. The van der Waals surface area contributed by atoms with Crippen LogP contribution in [0.1, 0.15) is 44.2 Å². The fourth-order valence-electron chi connectivity index (χ4n) is 4.14. The number of carboxylic acids is 1. The summed E-state index contributed by atoms with van der Waals surface area (Å²) in [6, 6.07) is 10.3. The van der Waals surface area contributed by atoms with E-state index in [1.54, 1.807) is 38.1 Å². The lowest BCUT2D eigenvalue weighted by atomic mass is 9.97. The molecule has 0 spiro atoms. The average molecular weight is 552 g/mol. The van der Waals surface area contributed by atoms with E-state index in [0.717, 1.165) is 5.56 Å². The third-order valence-electron chi connectivity index (χ3n) is 6.61. The Morgan fingerprint density at radius 3 is 2.30 bits per heavy atom. The quantitative estimate of drug-likeness (QED) is 0.214. The maximum absolute atomic E-state index is 13.4. The second kappa shape index (κ2) is 13.4. The third-order valence-corrected chi connectivity index (χ3v) is 6.61. The largest absolute Gasteiger partial charge is 0.508 e. The van der Waals surface area contributed by atoms with Crippen LogP contribution in [0, 0.1) is 12.8 Å². The van der Waals surface area contributed by atoms with Crippen LogP contribution in [-0.2, 0) is 25.6 Å². The highest BCUT2D eigenvalue weighted by Gasteiger charge is 2.30. The average Bonchev–Trinajstić information content (AvgIpc) is 2.90. The highest BCUT2D eigenvalue weighted by molar-refractivity contribution is 6.00. The van der Waals surface area contributed by atoms with E-state index in [4.69, 9.17) is 9.52 Å². The zero-order valence-electron chi connectivity index (χ0n) is 22.5. The predicted octanol–water partition coefficient (Wildman–Crippen LogP) is 2.87. The Labute approximate surface area is 230 Å². The van der Waals surface area contributed by atoms with Gasteiger partial charge in [0.25, 0.3) is 0 Å². The number of phenolic OH excluding ortho intramolecular Hbond substituents is 1. The van der Waals surface area contributed by atoms with E-state index in [9.17, 15) is 29.1 Å². The number of carbonyl (C=O) groups is 4. The van der Waals surface area contributed by atoms with Crippen LogP contribution >= 0.6 is 0 Å². The molecule has 0 aliphatic carbocycles. The Balaban J connectivity index is 1.85. The molecule has 11 heteroatoms. The van der Waals surface area contributed by atoms with Crippen LogP contribution in [0.15, 0.2) is 57.7 Å². The van der Waals surface area contributed by atoms with Gasteiger partial charge in [0.2, 0.25) is 17.7 Å². The predicted molar refractivity (Wildman–Crippen MR) is 148 cm³/mol. The van der Waals surface area contributed by atoms with Gasteiger partial charge < -0.3 is 30.6 Å². The fourth-order valence-corrected chi connectivity index (χ4v) is 4.14. The molecule has 212 valence electrons. The number of hydrogen-bond donors (Lipinski definition) is 5. The number of nitrogens with one attached hydrogen (secondary N) is 3. The third kappa shape index (κ3) is 8.16. The van der Waals surface area contributed by atoms with E-state index in [-0.39, 0.29) is 30.9 Å². The lowest BCUT2D eigenvalue weighted by molar-refractivity contribution is -0.139. The van der Waals surface area contributed by atoms with Crippen molar-refractivity contribution in [3.63, 3.8) is 0 Å². The van der Waals surface area contributed by atoms with Gasteiger partial charge in [-0.25, -0.2) is 4.79 Å². The van der Waals surface area contributed by atoms with Crippen LogP contribution in [0.5, 0.6) is 5.75 Å². The molecule has 0 saturated heterocycles. The summed E-state index contributed by atoms with van der Waals surface area (Å²) in [4.78, 5) is 61.8. The summed E-state index contributed by atoms with van der Waals surface area (Å²) >= 11 is 0. The highest BCUT2D eigenvalue weighted by Crippen LogP contribution is 2.21. The van der Waals surface area contributed by atoms with E-state index in [1.165, 1.54) is 24.3 Å². The van der Waals surface area contributed by atoms with Gasteiger partial charge >= 0.3 is 11.6 Å². The first-order chi connectivity index (χ1) is 19.0. The minimum atomic E-state index is -1.13. The number of aliphatic carboxylic acids is 1. The van der Waals surface area contributed by atoms with Crippen LogP contribution in [0.25, 0.3) is 11.0 Å². The van der Waals surface area contributed by atoms with E-state index in [0.29, 0.717) is 28.6 Å². The van der Waals surface area contributed by atoms with Crippen molar-refractivity contribution in [2.24, 2.45) is 5.92 Å². The second-order valence-electron chi connectivity index (χ2n) is 9.70. The van der Waals surface area contributed by atoms with Crippen LogP contribution in [0.4, 0.5) is 5.69 Å². The number of fused-ring (bicyclic) bond motifs is 1. The molecule has 0 aliphatic heterocycles. The number of hydrogen-bond acceptors (Lipinski definition) is 7. The second-order valence-corrected chi connectivity index (χ2v) is 9.70. The molecular formula is C29H33N3O8. The molecule has 0 aliphatic rings. The van der Waals surface area contributed by atoms with Crippen molar-refractivity contribution in [1.82, 2.24) is 10.6 Å². The lowest BCUT2D eigenvalue weighted by Gasteiger charge is -2.26. The van der Waals surface area contributed by atoms with Gasteiger partial charge in [0, 0.05) is 36.0 Å². The summed E-state index contributed by atoms with van der Waals surface area (Å²) < 4.78 is 5.26. The number of carbonyl (C=O) groups excluding carboxylic acids is 3. The van der Waals surface area contributed by atoms with E-state index in [2.05, 4.69) is 16.0 Å². The van der Waals surface area contributed by atoms with Gasteiger partial charge in [-0.05, 0) is 48.2 Å². The number of aryl methyl sites for hydroxylation is 1. The van der Waals surface area contributed by atoms with Crippen LogP contribution in [0.2, 0.25) is 0 Å². The molecule has 0 saturated carbocycles. The van der Waals surface area contributed by atoms with E-state index >= 15 is 0 Å². The zero-order valence-corrected chi connectivity index (χ0v) is 22.5. The van der Waals surface area contributed by atoms with E-state index in [1.807, 2.05) is 6.92 Å². The first kappa shape index (κ1) is 29.9. The monoisotopic (exact) mass is 551 g/mol. The molecule has 5 N–H and O–H groups in total. The van der Waals surface area contributed by atoms with Crippen molar-refractivity contribution < 1.29 is 33.8 Å². The molecule has 1 aromatic heterocycles. The molecule has 3 aromatic rings. The van der Waals surface area contributed by atoms with Crippen LogP contribution in [0.3, 0.4) is 0 Å². The summed E-state index contributed by atoms with van der Waals surface area (Å²) in [6.45, 7) is 5.38. The number of aromatic hydroxyl groups is 1. The molecule has 11 nitrogen and oxygen atoms in total. The fraction of sp³-hybridized carbons (Fsp3) is 0.345. The number of rotatable bonds is 12. The minimum Gasteiger partial charge on any atom is -0.508 e. The molecule has 3 rings (SSSR count). The van der Waals surface area contributed by atoms with Gasteiger partial charge in [0.15, 0.2) is 0 Å². The van der Waals surface area contributed by atoms with Crippen molar-refractivity contribution >= 4 is 40.3 Å². The number of carboxylic acid groups (broad SMARTS) is 1. The van der Waals surface area contributed by atoms with Crippen LogP contribution < -0.4 is 21.6 Å². The first-order valence-corrected chi connectivity index (χ1v) is 12.9. The lowest BCUT2D eigenvalue weighted by Crippen LogP contribution is -2.55. The van der Waals surface area contributed by atoms with Crippen molar-refractivity contribution in [1.29, 1.82) is 0 Å². The van der Waals surface area contributed by atoms with Crippen molar-refractivity contribution in [3.8, 4) is 5.75 Å². The summed E-state index contributed by atoms with van der Waals surface area (Å²) in [6.07, 6.45) is -0.0594. The summed E-state index contributed by atoms with van der Waals surface area (Å²) in [7, 11) is 0. The Morgan fingerprint density at radius 1 is 0.950 bits per heavy atom. The van der Waals surface area contributed by atoms with Gasteiger partial charge in [-0.1, -0.05) is 32.4 Å². The van der Waals surface area contributed by atoms with E-state index < -0.39 is 41.4 Å². The summed E-state index contributed by atoms with van der Waals surface area (Å²) in [5.74, 6) is -3.14. The molecule has 2 aromatic carbocycles. The Morgan fingerprint density at radius 2 is 1.65 bits per heavy atom. The molecular weight excluding hydrogens is 518 g/mol. The topological polar surface area (TPSA) is 175 Å². The Hall–Kier alpha value is -4.67. The van der Waals surface area contributed by atoms with Gasteiger partial charge in [0.1, 0.15) is 23.4 Å². The van der Waals surface area contributed by atoms with Crippen LogP contribution in [-0.4, -0.2) is 46.0 Å². The molecule has 1 heterocycles. The maximum atomic E-state index is 13.4. The summed E-state index contributed by atoms with van der Waals surface area (Å²) in [5.41, 5.74) is 1.50. The minimum absolute atomic E-state index is 0.0441. The Kier molecular flexibility index (Phi) is 10.0. The highest BCUT2D eigenvalue weighted by atomic mass is 16.4. The molecule has 0 radical (unpaired) electrons. The number of anilines is 1. The molecule has 3 amide bonds. The molecule has 2 unspecified atom stereocenters. The van der Waals surface area contributed by atoms with Gasteiger partial charge in [-0.2, -0.15) is 0 Å². The van der Waals surface area contributed by atoms with Crippen molar-refractivity contribution in [2.75, 3.05) is 5.32 Å². The normalized spacial score (nSPS) is 13.2. The molecule has 0 fully saturated rings. The number of phenols is 1. The van der Waals surface area contributed by atoms with Gasteiger partial charge in [0.05, 0.1) is 6.42 Å². The van der Waals surface area contributed by atoms with Gasteiger partial charge in [-0.3, -0.25) is 19.2 Å². The maximum Gasteiger partial charge on any atom is 0.336 e. The zero-order chi connectivity index (χ0) is 29.4. The smallest absolute Gasteiger partial charge is 0.336 e. The van der Waals surface area contributed by atoms with Crippen molar-refractivity contribution in [3.05, 3.63) is 70.1 Å². The summed E-state index contributed by atoms with van der Waals surface area (Å²) in [5, 5.41) is 27.3. The molecule has 3 atom stereocenters. The SMILES string of the molecule is CCC(C)[C@H](NC(=O)CCC(=O)O)C(=O)NC(Cc1ccc(O)cc1)C(=O)Nc1ccc2c(C)cc(=O)oc2c1.